The molecule has 0 aliphatic carbocycles. The monoisotopic (exact) mass is 444 g/mol. The van der Waals surface area contributed by atoms with E-state index in [1.165, 1.54) is 0 Å². The van der Waals surface area contributed by atoms with Crippen molar-refractivity contribution in [2.24, 2.45) is 0 Å². The van der Waals surface area contributed by atoms with E-state index in [0.717, 1.165) is 37.0 Å². The zero-order valence-corrected chi connectivity index (χ0v) is 18.9. The molecule has 2 fully saturated rings. The average Bonchev–Trinajstić information content (AvgIpc) is 3.18. The molecule has 1 spiro atoms. The van der Waals surface area contributed by atoms with E-state index >= 15 is 0 Å². The first-order valence-electron chi connectivity index (χ1n) is 11.3. The minimum absolute atomic E-state index is 0.106. The van der Waals surface area contributed by atoms with Crippen LogP contribution < -0.4 is 4.74 Å². The number of piperidine rings is 1. The Morgan fingerprint density at radius 3 is 2.75 bits per heavy atom. The number of amides is 1. The number of benzene rings is 1. The molecular weight excluding hydrogens is 412 g/mol. The highest BCUT2D eigenvalue weighted by molar-refractivity contribution is 5.93. The zero-order chi connectivity index (χ0) is 22.4. The highest BCUT2D eigenvalue weighted by Crippen LogP contribution is 2.36. The lowest BCUT2D eigenvalue weighted by molar-refractivity contribution is -0.153. The average molecular weight is 445 g/mol. The van der Waals surface area contributed by atoms with Crippen molar-refractivity contribution < 1.29 is 28.3 Å². The normalized spacial score (nSPS) is 20.4. The van der Waals surface area contributed by atoms with Crippen molar-refractivity contribution in [1.82, 2.24) is 10.1 Å². The van der Waals surface area contributed by atoms with Crippen LogP contribution in [0.3, 0.4) is 0 Å². The summed E-state index contributed by atoms with van der Waals surface area (Å²) in [7, 11) is 1.60. The fraction of sp³-hybridized carbons (Fsp3) is 0.583. The topological polar surface area (TPSA) is 83.3 Å². The molecule has 8 nitrogen and oxygen atoms in total. The van der Waals surface area contributed by atoms with Crippen LogP contribution in [0.5, 0.6) is 5.75 Å². The predicted molar refractivity (Wildman–Crippen MR) is 117 cm³/mol. The molecule has 0 bridgehead atoms. The molecule has 8 heteroatoms. The van der Waals surface area contributed by atoms with E-state index < -0.39 is 0 Å². The van der Waals surface area contributed by atoms with E-state index in [1.807, 2.05) is 35.2 Å². The van der Waals surface area contributed by atoms with Crippen molar-refractivity contribution in [3.8, 4) is 5.75 Å². The van der Waals surface area contributed by atoms with E-state index in [0.29, 0.717) is 51.0 Å². The maximum atomic E-state index is 13.0. The number of hydrogen-bond donors (Lipinski definition) is 0. The van der Waals surface area contributed by atoms with E-state index in [-0.39, 0.29) is 17.6 Å². The molecule has 1 aromatic heterocycles. The molecule has 2 aliphatic rings. The van der Waals surface area contributed by atoms with Gasteiger partial charge in [0.1, 0.15) is 18.1 Å². The molecule has 1 amide bonds. The Labute approximate surface area is 188 Å². The number of hydrogen-bond acceptors (Lipinski definition) is 7. The van der Waals surface area contributed by atoms with Crippen LogP contribution in [0.15, 0.2) is 34.9 Å². The maximum Gasteiger partial charge on any atom is 0.276 e. The van der Waals surface area contributed by atoms with Crippen LogP contribution in [0.25, 0.3) is 0 Å². The largest absolute Gasteiger partial charge is 0.491 e. The highest BCUT2D eigenvalue weighted by Gasteiger charge is 2.42. The van der Waals surface area contributed by atoms with Gasteiger partial charge in [-0.3, -0.25) is 4.79 Å². The first-order chi connectivity index (χ1) is 15.6. The van der Waals surface area contributed by atoms with Gasteiger partial charge in [-0.2, -0.15) is 0 Å². The van der Waals surface area contributed by atoms with Crippen LogP contribution in [0.4, 0.5) is 0 Å². The van der Waals surface area contributed by atoms with Crippen molar-refractivity contribution in [2.75, 3.05) is 40.0 Å². The number of carbonyl (C=O) groups excluding carboxylic acids is 1. The molecule has 1 unspecified atom stereocenters. The van der Waals surface area contributed by atoms with Crippen molar-refractivity contribution >= 4 is 5.91 Å². The maximum absolute atomic E-state index is 13.0. The van der Waals surface area contributed by atoms with Gasteiger partial charge in [-0.15, -0.1) is 0 Å². The highest BCUT2D eigenvalue weighted by atomic mass is 16.5. The number of methoxy groups -OCH3 is 1. The van der Waals surface area contributed by atoms with E-state index in [2.05, 4.69) is 5.16 Å². The lowest BCUT2D eigenvalue weighted by Gasteiger charge is -2.46. The predicted octanol–water partition coefficient (Wildman–Crippen LogP) is 3.38. The van der Waals surface area contributed by atoms with Gasteiger partial charge in [-0.25, -0.2) is 0 Å². The summed E-state index contributed by atoms with van der Waals surface area (Å²) >= 11 is 0. The second kappa shape index (κ2) is 10.5. The molecule has 2 saturated heterocycles. The number of ether oxygens (including phenoxy) is 4. The van der Waals surface area contributed by atoms with Gasteiger partial charge in [0.05, 0.1) is 30.5 Å². The van der Waals surface area contributed by atoms with Crippen LogP contribution in [0.1, 0.15) is 47.5 Å². The van der Waals surface area contributed by atoms with Crippen LogP contribution in [0.2, 0.25) is 0 Å². The lowest BCUT2D eigenvalue weighted by atomic mass is 9.83. The third kappa shape index (κ3) is 5.31. The van der Waals surface area contributed by atoms with Crippen LogP contribution in [0, 0.1) is 6.92 Å². The quantitative estimate of drug-likeness (QED) is 0.577. The van der Waals surface area contributed by atoms with Gasteiger partial charge in [-0.1, -0.05) is 23.4 Å². The minimum atomic E-state index is -0.227. The SMILES string of the molecule is COCc1c(C(=O)N2CCC3(CC2)CC(OCCOc2ccccc2)CCO3)noc1C. The van der Waals surface area contributed by atoms with Crippen LogP contribution in [-0.4, -0.2) is 67.7 Å². The number of aromatic nitrogens is 1. The van der Waals surface area contributed by atoms with Crippen molar-refractivity contribution in [2.45, 2.75) is 50.9 Å². The van der Waals surface area contributed by atoms with Gasteiger partial charge in [0, 0.05) is 33.2 Å². The molecule has 0 radical (unpaired) electrons. The molecule has 4 rings (SSSR count). The number of aryl methyl sites for hydroxylation is 1. The molecule has 0 N–H and O–H groups in total. The molecule has 0 saturated carbocycles. The van der Waals surface area contributed by atoms with Crippen molar-refractivity contribution in [3.05, 3.63) is 47.3 Å². The summed E-state index contributed by atoms with van der Waals surface area (Å²) in [5.74, 6) is 1.37. The van der Waals surface area contributed by atoms with Crippen molar-refractivity contribution in [1.29, 1.82) is 0 Å². The molecule has 32 heavy (non-hydrogen) atoms. The Bertz CT molecular complexity index is 876. The summed E-state index contributed by atoms with van der Waals surface area (Å²) in [4.78, 5) is 14.8. The molecule has 3 heterocycles. The smallest absolute Gasteiger partial charge is 0.276 e. The molecular formula is C24H32N2O6. The summed E-state index contributed by atoms with van der Waals surface area (Å²) in [5, 5.41) is 3.98. The number of para-hydroxylation sites is 1. The fourth-order valence-corrected chi connectivity index (χ4v) is 4.51. The summed E-state index contributed by atoms with van der Waals surface area (Å²) in [6.45, 7) is 5.11. The minimum Gasteiger partial charge on any atom is -0.491 e. The Morgan fingerprint density at radius 2 is 2.00 bits per heavy atom. The second-order valence-electron chi connectivity index (χ2n) is 8.47. The van der Waals surface area contributed by atoms with Crippen molar-refractivity contribution in [3.63, 3.8) is 0 Å². The molecule has 174 valence electrons. The second-order valence-corrected chi connectivity index (χ2v) is 8.47. The van der Waals surface area contributed by atoms with Gasteiger partial charge in [0.2, 0.25) is 0 Å². The number of nitrogens with zero attached hydrogens (tertiary/aromatic N) is 2. The van der Waals surface area contributed by atoms with E-state index in [9.17, 15) is 4.79 Å². The van der Waals surface area contributed by atoms with Gasteiger partial charge in [0.15, 0.2) is 5.69 Å². The summed E-state index contributed by atoms with van der Waals surface area (Å²) in [5.41, 5.74) is 0.845. The van der Waals surface area contributed by atoms with Gasteiger partial charge in [0.25, 0.3) is 5.91 Å². The summed E-state index contributed by atoms with van der Waals surface area (Å²) in [6.07, 6.45) is 3.45. The van der Waals surface area contributed by atoms with Gasteiger partial charge in [-0.05, 0) is 38.3 Å². The summed E-state index contributed by atoms with van der Waals surface area (Å²) < 4.78 is 28.5. The molecule has 2 aliphatic heterocycles. The van der Waals surface area contributed by atoms with E-state index in [1.54, 1.807) is 14.0 Å². The number of likely N-dealkylation sites (tertiary alicyclic amines) is 1. The third-order valence-corrected chi connectivity index (χ3v) is 6.33. The number of carbonyl (C=O) groups is 1. The Hall–Kier alpha value is -2.42. The van der Waals surface area contributed by atoms with Crippen LogP contribution >= 0.6 is 0 Å². The van der Waals surface area contributed by atoms with Crippen LogP contribution in [-0.2, 0) is 20.8 Å². The first-order valence-corrected chi connectivity index (χ1v) is 11.3. The lowest BCUT2D eigenvalue weighted by Crippen LogP contribution is -2.52. The van der Waals surface area contributed by atoms with E-state index in [4.69, 9.17) is 23.5 Å². The molecule has 1 atom stereocenters. The first kappa shape index (κ1) is 22.8. The van der Waals surface area contributed by atoms with Gasteiger partial charge >= 0.3 is 0 Å². The fourth-order valence-electron chi connectivity index (χ4n) is 4.51. The molecule has 2 aromatic rings. The zero-order valence-electron chi connectivity index (χ0n) is 18.9. The Morgan fingerprint density at radius 1 is 1.22 bits per heavy atom. The molecule has 1 aromatic carbocycles. The number of rotatable bonds is 8. The summed E-state index contributed by atoms with van der Waals surface area (Å²) in [6, 6.07) is 9.76. The van der Waals surface area contributed by atoms with Gasteiger partial charge < -0.3 is 28.4 Å². The third-order valence-electron chi connectivity index (χ3n) is 6.33. The standard InChI is InChI=1S/C24H32N2O6/c1-18-21(17-28-2)22(25-32-18)23(27)26-11-9-24(10-12-26)16-20(8-13-31-24)30-15-14-29-19-6-4-3-5-7-19/h3-7,20H,8-17H2,1-2H3. The Balaban J connectivity index is 1.25. The Kier molecular flexibility index (Phi) is 7.44.